The summed E-state index contributed by atoms with van der Waals surface area (Å²) >= 11 is 0. The first-order chi connectivity index (χ1) is 6.22. The van der Waals surface area contributed by atoms with Gasteiger partial charge < -0.3 is 4.74 Å². The number of rotatable bonds is 4. The van der Waals surface area contributed by atoms with Gasteiger partial charge in [-0.1, -0.05) is 20.3 Å². The zero-order chi connectivity index (χ0) is 9.68. The van der Waals surface area contributed by atoms with Crippen LogP contribution in [0.3, 0.4) is 0 Å². The van der Waals surface area contributed by atoms with E-state index in [0.717, 1.165) is 6.42 Å². The molecule has 0 saturated carbocycles. The predicted molar refractivity (Wildman–Crippen MR) is 50.2 cm³/mol. The minimum atomic E-state index is -0.373. The van der Waals surface area contributed by atoms with Gasteiger partial charge in [-0.2, -0.15) is 0 Å². The van der Waals surface area contributed by atoms with Crippen LogP contribution in [-0.2, 0) is 0 Å². The van der Waals surface area contributed by atoms with E-state index in [2.05, 4.69) is 19.9 Å². The SMILES string of the molecule is CCC(C)COc1cc[c]c(F)c1. The van der Waals surface area contributed by atoms with E-state index >= 15 is 0 Å². The topological polar surface area (TPSA) is 9.23 Å². The number of hydrogen-bond donors (Lipinski definition) is 0. The van der Waals surface area contributed by atoms with E-state index in [0.29, 0.717) is 18.3 Å². The Morgan fingerprint density at radius 2 is 2.38 bits per heavy atom. The van der Waals surface area contributed by atoms with E-state index < -0.39 is 0 Å². The molecule has 0 aromatic heterocycles. The summed E-state index contributed by atoms with van der Waals surface area (Å²) in [6.07, 6.45) is 1.07. The molecule has 0 aliphatic heterocycles. The van der Waals surface area contributed by atoms with E-state index in [9.17, 15) is 4.39 Å². The van der Waals surface area contributed by atoms with E-state index in [-0.39, 0.29) is 5.82 Å². The molecule has 71 valence electrons. The third-order valence-corrected chi connectivity index (χ3v) is 1.97. The average molecular weight is 181 g/mol. The molecule has 0 bridgehead atoms. The molecule has 1 aromatic carbocycles. The Morgan fingerprint density at radius 1 is 1.62 bits per heavy atom. The Balaban J connectivity index is 2.45. The highest BCUT2D eigenvalue weighted by Gasteiger charge is 2.00. The zero-order valence-corrected chi connectivity index (χ0v) is 8.01. The smallest absolute Gasteiger partial charge is 0.134 e. The van der Waals surface area contributed by atoms with Crippen molar-refractivity contribution in [1.82, 2.24) is 0 Å². The number of benzene rings is 1. The minimum Gasteiger partial charge on any atom is -0.493 e. The fourth-order valence-corrected chi connectivity index (χ4v) is 0.864. The molecule has 0 fully saturated rings. The molecule has 1 radical (unpaired) electrons. The number of halogens is 1. The highest BCUT2D eigenvalue weighted by molar-refractivity contribution is 5.21. The molecule has 1 unspecified atom stereocenters. The monoisotopic (exact) mass is 181 g/mol. The molecule has 0 heterocycles. The molecule has 0 amide bonds. The largest absolute Gasteiger partial charge is 0.493 e. The van der Waals surface area contributed by atoms with Gasteiger partial charge in [0.15, 0.2) is 0 Å². The van der Waals surface area contributed by atoms with Crippen LogP contribution in [0.15, 0.2) is 18.2 Å². The molecule has 0 N–H and O–H groups in total. The molecule has 0 aliphatic carbocycles. The molecular weight excluding hydrogens is 167 g/mol. The lowest BCUT2D eigenvalue weighted by molar-refractivity contribution is 0.255. The minimum absolute atomic E-state index is 0.373. The highest BCUT2D eigenvalue weighted by Crippen LogP contribution is 2.13. The van der Waals surface area contributed by atoms with E-state index in [1.165, 1.54) is 12.1 Å². The molecule has 1 atom stereocenters. The van der Waals surface area contributed by atoms with Crippen molar-refractivity contribution >= 4 is 0 Å². The summed E-state index contributed by atoms with van der Waals surface area (Å²) in [5.41, 5.74) is 0. The summed E-state index contributed by atoms with van der Waals surface area (Å²) in [6, 6.07) is 7.02. The van der Waals surface area contributed by atoms with Crippen molar-refractivity contribution in [3.8, 4) is 5.75 Å². The Kier molecular flexibility index (Phi) is 3.74. The maximum absolute atomic E-state index is 12.6. The van der Waals surface area contributed by atoms with Gasteiger partial charge in [-0.25, -0.2) is 4.39 Å². The molecule has 1 rings (SSSR count). The average Bonchev–Trinajstić information content (AvgIpc) is 2.14. The van der Waals surface area contributed by atoms with Crippen molar-refractivity contribution in [2.75, 3.05) is 6.61 Å². The van der Waals surface area contributed by atoms with E-state index in [1.54, 1.807) is 6.07 Å². The van der Waals surface area contributed by atoms with Crippen LogP contribution in [0.4, 0.5) is 4.39 Å². The highest BCUT2D eigenvalue weighted by atomic mass is 19.1. The third kappa shape index (κ3) is 3.45. The molecule has 2 heteroatoms. The van der Waals surface area contributed by atoms with Crippen LogP contribution in [0, 0.1) is 17.8 Å². The summed E-state index contributed by atoms with van der Waals surface area (Å²) in [6.45, 7) is 4.85. The number of hydrogen-bond acceptors (Lipinski definition) is 1. The fraction of sp³-hybridized carbons (Fsp3) is 0.455. The normalized spacial score (nSPS) is 12.5. The third-order valence-electron chi connectivity index (χ3n) is 1.97. The lowest BCUT2D eigenvalue weighted by Gasteiger charge is -2.10. The van der Waals surface area contributed by atoms with Crippen LogP contribution in [0.25, 0.3) is 0 Å². The molecule has 1 aromatic rings. The van der Waals surface area contributed by atoms with Gasteiger partial charge in [-0.15, -0.1) is 0 Å². The molecule has 0 spiro atoms. The van der Waals surface area contributed by atoms with Crippen LogP contribution in [0.2, 0.25) is 0 Å². The van der Waals surface area contributed by atoms with Crippen LogP contribution >= 0.6 is 0 Å². The van der Waals surface area contributed by atoms with Gasteiger partial charge in [0.05, 0.1) is 6.61 Å². The van der Waals surface area contributed by atoms with E-state index in [1.807, 2.05) is 0 Å². The first-order valence-electron chi connectivity index (χ1n) is 4.52. The van der Waals surface area contributed by atoms with Crippen LogP contribution in [0.1, 0.15) is 20.3 Å². The second-order valence-corrected chi connectivity index (χ2v) is 3.20. The van der Waals surface area contributed by atoms with Crippen molar-refractivity contribution < 1.29 is 9.13 Å². The number of ether oxygens (including phenoxy) is 1. The van der Waals surface area contributed by atoms with Crippen molar-refractivity contribution in [2.24, 2.45) is 5.92 Å². The van der Waals surface area contributed by atoms with Gasteiger partial charge in [0.1, 0.15) is 11.6 Å². The second kappa shape index (κ2) is 4.85. The maximum atomic E-state index is 12.6. The van der Waals surface area contributed by atoms with Crippen molar-refractivity contribution in [2.45, 2.75) is 20.3 Å². The molecule has 13 heavy (non-hydrogen) atoms. The van der Waals surface area contributed by atoms with Crippen molar-refractivity contribution in [3.63, 3.8) is 0 Å². The van der Waals surface area contributed by atoms with Gasteiger partial charge in [0, 0.05) is 12.1 Å². The second-order valence-electron chi connectivity index (χ2n) is 3.20. The quantitative estimate of drug-likeness (QED) is 0.693. The summed E-state index contributed by atoms with van der Waals surface area (Å²) in [5.74, 6) is 0.713. The van der Waals surface area contributed by atoms with Gasteiger partial charge in [-0.3, -0.25) is 0 Å². The van der Waals surface area contributed by atoms with Crippen LogP contribution in [-0.4, -0.2) is 6.61 Å². The molecular formula is C11H14FO. The van der Waals surface area contributed by atoms with Gasteiger partial charge >= 0.3 is 0 Å². The predicted octanol–water partition coefficient (Wildman–Crippen LogP) is 3.05. The maximum Gasteiger partial charge on any atom is 0.134 e. The van der Waals surface area contributed by atoms with Gasteiger partial charge in [0.25, 0.3) is 0 Å². The molecule has 1 nitrogen and oxygen atoms in total. The standard InChI is InChI=1S/C11H14FO/c1-3-9(2)8-13-11-6-4-5-10(12)7-11/h4,6-7,9H,3,8H2,1-2H3. The lowest BCUT2D eigenvalue weighted by atomic mass is 10.1. The summed E-state index contributed by atoms with van der Waals surface area (Å²) < 4.78 is 18.0. The van der Waals surface area contributed by atoms with Crippen molar-refractivity contribution in [3.05, 3.63) is 30.1 Å². The Labute approximate surface area is 78.5 Å². The summed E-state index contributed by atoms with van der Waals surface area (Å²) in [7, 11) is 0. The zero-order valence-electron chi connectivity index (χ0n) is 8.01. The van der Waals surface area contributed by atoms with E-state index in [4.69, 9.17) is 4.74 Å². The first-order valence-corrected chi connectivity index (χ1v) is 4.52. The van der Waals surface area contributed by atoms with Gasteiger partial charge in [-0.05, 0) is 18.1 Å². The van der Waals surface area contributed by atoms with Crippen molar-refractivity contribution in [1.29, 1.82) is 0 Å². The Bertz CT molecular complexity index is 260. The molecule has 0 aliphatic rings. The van der Waals surface area contributed by atoms with Crippen LogP contribution < -0.4 is 4.74 Å². The van der Waals surface area contributed by atoms with Gasteiger partial charge in [0.2, 0.25) is 0 Å². The lowest BCUT2D eigenvalue weighted by Crippen LogP contribution is -2.07. The Morgan fingerprint density at radius 3 is 3.00 bits per heavy atom. The summed E-state index contributed by atoms with van der Waals surface area (Å²) in [4.78, 5) is 0. The first kappa shape index (κ1) is 10.0. The Hall–Kier alpha value is -1.05. The molecule has 0 saturated heterocycles. The summed E-state index contributed by atoms with van der Waals surface area (Å²) in [5, 5.41) is 0. The fourth-order valence-electron chi connectivity index (χ4n) is 0.864. The van der Waals surface area contributed by atoms with Crippen LogP contribution in [0.5, 0.6) is 5.75 Å².